The first-order chi connectivity index (χ1) is 12.9. The van der Waals surface area contributed by atoms with Gasteiger partial charge in [0.1, 0.15) is 23.9 Å². The Labute approximate surface area is 161 Å². The number of hydrogen-bond donors (Lipinski definition) is 2. The van der Waals surface area contributed by atoms with Gasteiger partial charge in [0.2, 0.25) is 10.0 Å². The molecule has 1 heterocycles. The summed E-state index contributed by atoms with van der Waals surface area (Å²) in [6.07, 6.45) is 0. The van der Waals surface area contributed by atoms with E-state index in [4.69, 9.17) is 4.74 Å². The summed E-state index contributed by atoms with van der Waals surface area (Å²) in [6, 6.07) is 12.3. The van der Waals surface area contributed by atoms with Crippen LogP contribution in [0.2, 0.25) is 0 Å². The fourth-order valence-corrected chi connectivity index (χ4v) is 3.83. The predicted octanol–water partition coefficient (Wildman–Crippen LogP) is 4.15. The SMILES string of the molecule is Cc1csc(Nc2cccc(NS(=O)(=O)CCOc3ccc(F)cc3)c2)n1. The van der Waals surface area contributed by atoms with Crippen molar-refractivity contribution in [3.63, 3.8) is 0 Å². The number of aryl methyl sites for hydroxylation is 1. The molecular weight excluding hydrogens is 389 g/mol. The third kappa shape index (κ3) is 5.93. The minimum absolute atomic E-state index is 0.0443. The van der Waals surface area contributed by atoms with Crippen LogP contribution in [-0.4, -0.2) is 25.8 Å². The normalized spacial score (nSPS) is 11.2. The summed E-state index contributed by atoms with van der Waals surface area (Å²) in [5.74, 6) is -0.192. The summed E-state index contributed by atoms with van der Waals surface area (Å²) in [7, 11) is -3.59. The Morgan fingerprint density at radius 2 is 1.89 bits per heavy atom. The number of thiazole rings is 1. The minimum Gasteiger partial charge on any atom is -0.492 e. The van der Waals surface area contributed by atoms with Gasteiger partial charge in [0.05, 0.1) is 11.4 Å². The molecule has 0 amide bonds. The number of aromatic nitrogens is 1. The van der Waals surface area contributed by atoms with Crippen molar-refractivity contribution in [3.05, 3.63) is 65.4 Å². The predicted molar refractivity (Wildman–Crippen MR) is 106 cm³/mol. The molecule has 6 nitrogen and oxygen atoms in total. The molecule has 9 heteroatoms. The van der Waals surface area contributed by atoms with Crippen LogP contribution in [0.15, 0.2) is 53.9 Å². The Bertz CT molecular complexity index is 1000. The van der Waals surface area contributed by atoms with Crippen molar-refractivity contribution in [2.45, 2.75) is 6.92 Å². The molecule has 0 spiro atoms. The molecule has 0 fully saturated rings. The average molecular weight is 407 g/mol. The molecule has 0 bridgehead atoms. The zero-order chi connectivity index (χ0) is 19.3. The molecule has 2 N–H and O–H groups in total. The summed E-state index contributed by atoms with van der Waals surface area (Å²) < 4.78 is 45.2. The van der Waals surface area contributed by atoms with E-state index in [1.165, 1.54) is 35.6 Å². The van der Waals surface area contributed by atoms with E-state index in [9.17, 15) is 12.8 Å². The molecule has 0 saturated heterocycles. The van der Waals surface area contributed by atoms with Crippen LogP contribution in [0.25, 0.3) is 0 Å². The molecule has 0 aliphatic carbocycles. The lowest BCUT2D eigenvalue weighted by Gasteiger charge is -2.11. The van der Waals surface area contributed by atoms with Gasteiger partial charge in [-0.1, -0.05) is 6.07 Å². The van der Waals surface area contributed by atoms with E-state index >= 15 is 0 Å². The van der Waals surface area contributed by atoms with Crippen LogP contribution in [-0.2, 0) is 10.0 Å². The highest BCUT2D eigenvalue weighted by Gasteiger charge is 2.11. The molecule has 142 valence electrons. The van der Waals surface area contributed by atoms with Gasteiger partial charge in [-0.15, -0.1) is 11.3 Å². The lowest BCUT2D eigenvalue weighted by molar-refractivity contribution is 0.340. The van der Waals surface area contributed by atoms with E-state index < -0.39 is 10.0 Å². The maximum atomic E-state index is 12.8. The Hall–Kier alpha value is -2.65. The first-order valence-corrected chi connectivity index (χ1v) is 10.6. The van der Waals surface area contributed by atoms with Crippen molar-refractivity contribution in [1.82, 2.24) is 4.98 Å². The first kappa shape index (κ1) is 19.1. The zero-order valence-electron chi connectivity index (χ0n) is 14.5. The number of nitrogens with one attached hydrogen (secondary N) is 2. The molecule has 3 aromatic rings. The van der Waals surface area contributed by atoms with Crippen molar-refractivity contribution in [1.29, 1.82) is 0 Å². The molecular formula is C18H18FN3O3S2. The Morgan fingerprint density at radius 1 is 1.15 bits per heavy atom. The summed E-state index contributed by atoms with van der Waals surface area (Å²) in [5.41, 5.74) is 2.09. The lowest BCUT2D eigenvalue weighted by Crippen LogP contribution is -2.21. The Balaban J connectivity index is 1.56. The fourth-order valence-electron chi connectivity index (χ4n) is 2.23. The van der Waals surface area contributed by atoms with Crippen molar-refractivity contribution < 1.29 is 17.5 Å². The van der Waals surface area contributed by atoms with Crippen molar-refractivity contribution in [2.24, 2.45) is 0 Å². The fraction of sp³-hybridized carbons (Fsp3) is 0.167. The summed E-state index contributed by atoms with van der Waals surface area (Å²) in [5, 5.41) is 5.80. The van der Waals surface area contributed by atoms with Gasteiger partial charge < -0.3 is 10.1 Å². The van der Waals surface area contributed by atoms with Gasteiger partial charge in [-0.3, -0.25) is 4.72 Å². The number of hydrogen-bond acceptors (Lipinski definition) is 6. The number of ether oxygens (including phenoxy) is 1. The number of anilines is 3. The number of benzene rings is 2. The van der Waals surface area contributed by atoms with Gasteiger partial charge in [-0.05, 0) is 49.4 Å². The van der Waals surface area contributed by atoms with Crippen molar-refractivity contribution in [3.8, 4) is 5.75 Å². The molecule has 0 unspecified atom stereocenters. The number of halogens is 1. The highest BCUT2D eigenvalue weighted by Crippen LogP contribution is 2.23. The summed E-state index contributed by atoms with van der Waals surface area (Å²) >= 11 is 1.47. The van der Waals surface area contributed by atoms with Crippen LogP contribution in [0.3, 0.4) is 0 Å². The van der Waals surface area contributed by atoms with E-state index in [1.807, 2.05) is 18.4 Å². The van der Waals surface area contributed by atoms with E-state index in [-0.39, 0.29) is 18.2 Å². The van der Waals surface area contributed by atoms with E-state index in [1.54, 1.807) is 18.2 Å². The summed E-state index contributed by atoms with van der Waals surface area (Å²) in [6.45, 7) is 1.86. The highest BCUT2D eigenvalue weighted by atomic mass is 32.2. The number of sulfonamides is 1. The van der Waals surface area contributed by atoms with Crippen LogP contribution in [0, 0.1) is 12.7 Å². The first-order valence-electron chi connectivity index (χ1n) is 8.08. The van der Waals surface area contributed by atoms with Gasteiger partial charge >= 0.3 is 0 Å². The molecule has 2 aromatic carbocycles. The van der Waals surface area contributed by atoms with Crippen molar-refractivity contribution >= 4 is 37.9 Å². The lowest BCUT2D eigenvalue weighted by atomic mass is 10.3. The second-order valence-corrected chi connectivity index (χ2v) is 8.42. The third-order valence-corrected chi connectivity index (χ3v) is 5.57. The van der Waals surface area contributed by atoms with E-state index in [0.717, 1.165) is 16.5 Å². The topological polar surface area (TPSA) is 80.3 Å². The van der Waals surface area contributed by atoms with Crippen LogP contribution in [0.1, 0.15) is 5.69 Å². The minimum atomic E-state index is -3.59. The van der Waals surface area contributed by atoms with Crippen molar-refractivity contribution in [2.75, 3.05) is 22.4 Å². The summed E-state index contributed by atoms with van der Waals surface area (Å²) in [4.78, 5) is 4.31. The number of rotatable bonds is 8. The standard InChI is InChI=1S/C18H18FN3O3S2/c1-13-12-26-18(20-13)21-15-3-2-4-16(11-15)22-27(23,24)10-9-25-17-7-5-14(19)6-8-17/h2-8,11-12,22H,9-10H2,1H3,(H,20,21). The highest BCUT2D eigenvalue weighted by molar-refractivity contribution is 7.92. The molecule has 27 heavy (non-hydrogen) atoms. The number of nitrogens with zero attached hydrogens (tertiary/aromatic N) is 1. The Kier molecular flexibility index (Phi) is 5.92. The van der Waals surface area contributed by atoms with Crippen LogP contribution < -0.4 is 14.8 Å². The van der Waals surface area contributed by atoms with Gasteiger partial charge in [0, 0.05) is 11.1 Å². The third-order valence-electron chi connectivity index (χ3n) is 3.44. The van der Waals surface area contributed by atoms with Gasteiger partial charge in [-0.2, -0.15) is 0 Å². The van der Waals surface area contributed by atoms with Crippen LogP contribution in [0.4, 0.5) is 20.9 Å². The van der Waals surface area contributed by atoms with E-state index in [0.29, 0.717) is 11.4 Å². The van der Waals surface area contributed by atoms with E-state index in [2.05, 4.69) is 15.0 Å². The molecule has 3 rings (SSSR count). The maximum absolute atomic E-state index is 12.8. The van der Waals surface area contributed by atoms with Crippen LogP contribution >= 0.6 is 11.3 Å². The second-order valence-electron chi connectivity index (χ2n) is 5.72. The maximum Gasteiger partial charge on any atom is 0.236 e. The molecule has 0 atom stereocenters. The largest absolute Gasteiger partial charge is 0.492 e. The molecule has 0 saturated carbocycles. The molecule has 0 radical (unpaired) electrons. The zero-order valence-corrected chi connectivity index (χ0v) is 16.1. The molecule has 1 aromatic heterocycles. The average Bonchev–Trinajstić information content (AvgIpc) is 3.01. The van der Waals surface area contributed by atoms with Gasteiger partial charge in [-0.25, -0.2) is 17.8 Å². The smallest absolute Gasteiger partial charge is 0.236 e. The quantitative estimate of drug-likeness (QED) is 0.586. The Morgan fingerprint density at radius 3 is 2.59 bits per heavy atom. The van der Waals surface area contributed by atoms with Gasteiger partial charge in [0.15, 0.2) is 5.13 Å². The second kappa shape index (κ2) is 8.36. The monoisotopic (exact) mass is 407 g/mol. The van der Waals surface area contributed by atoms with Crippen LogP contribution in [0.5, 0.6) is 5.75 Å². The molecule has 0 aliphatic heterocycles. The van der Waals surface area contributed by atoms with Gasteiger partial charge in [0.25, 0.3) is 0 Å². The molecule has 0 aliphatic rings.